The van der Waals surface area contributed by atoms with Crippen molar-refractivity contribution in [1.29, 1.82) is 0 Å². The Kier molecular flexibility index (Phi) is 4.30. The van der Waals surface area contributed by atoms with Crippen molar-refractivity contribution in [3.05, 3.63) is 11.4 Å². The van der Waals surface area contributed by atoms with Crippen molar-refractivity contribution in [2.45, 2.75) is 26.3 Å². The van der Waals surface area contributed by atoms with Gasteiger partial charge in [-0.05, 0) is 13.3 Å². The molecule has 1 amide bonds. The van der Waals surface area contributed by atoms with Gasteiger partial charge in [0.05, 0.1) is 0 Å². The van der Waals surface area contributed by atoms with Crippen LogP contribution >= 0.6 is 0 Å². The van der Waals surface area contributed by atoms with Gasteiger partial charge in [-0.15, -0.1) is 0 Å². The van der Waals surface area contributed by atoms with E-state index in [-0.39, 0.29) is 18.5 Å². The van der Waals surface area contributed by atoms with Gasteiger partial charge in [-0.25, -0.2) is 6.57 Å². The number of hydrogen-bond donors (Lipinski definition) is 1. The summed E-state index contributed by atoms with van der Waals surface area (Å²) in [6.07, 6.45) is 0.906. The molecule has 0 bridgehead atoms. The Morgan fingerprint density at radius 3 is 2.80 bits per heavy atom. The Balaban J connectivity index is 3.49. The van der Waals surface area contributed by atoms with Crippen molar-refractivity contribution >= 4 is 5.91 Å². The summed E-state index contributed by atoms with van der Waals surface area (Å²) in [7, 11) is 0. The van der Waals surface area contributed by atoms with E-state index < -0.39 is 0 Å². The van der Waals surface area contributed by atoms with E-state index >= 15 is 0 Å². The summed E-state index contributed by atoms with van der Waals surface area (Å²) in [4.78, 5) is 13.6. The molecule has 0 saturated heterocycles. The molecule has 0 spiro atoms. The average Bonchev–Trinajstić information content (AvgIpc) is 1.88. The number of rotatable bonds is 3. The van der Waals surface area contributed by atoms with Crippen LogP contribution < -0.4 is 5.32 Å². The van der Waals surface area contributed by atoms with Gasteiger partial charge >= 0.3 is 0 Å². The third-order valence-corrected chi connectivity index (χ3v) is 1.24. The summed E-state index contributed by atoms with van der Waals surface area (Å²) in [6.45, 7) is 10.3. The van der Waals surface area contributed by atoms with Crippen molar-refractivity contribution in [2.75, 3.05) is 6.54 Å². The lowest BCUT2D eigenvalue weighted by atomic mass is 10.2. The molecular formula is C7H12N2O. The van der Waals surface area contributed by atoms with E-state index in [1.807, 2.05) is 13.8 Å². The predicted octanol–water partition coefficient (Wildman–Crippen LogP) is 0.820. The highest BCUT2D eigenvalue weighted by Gasteiger charge is 2.05. The number of carbonyl (C=O) groups excluding carboxylic acids is 1. The molecule has 0 aromatic rings. The average molecular weight is 140 g/mol. The summed E-state index contributed by atoms with van der Waals surface area (Å²) >= 11 is 0. The normalized spacial score (nSPS) is 11.7. The third kappa shape index (κ3) is 3.90. The first-order chi connectivity index (χ1) is 4.70. The van der Waals surface area contributed by atoms with Crippen molar-refractivity contribution < 1.29 is 4.79 Å². The summed E-state index contributed by atoms with van der Waals surface area (Å²) in [6, 6.07) is 0.189. The van der Waals surface area contributed by atoms with E-state index in [0.29, 0.717) is 0 Å². The van der Waals surface area contributed by atoms with E-state index in [1.54, 1.807) is 0 Å². The fourth-order valence-electron chi connectivity index (χ4n) is 0.494. The number of hydrogen-bond acceptors (Lipinski definition) is 1. The lowest BCUT2D eigenvalue weighted by molar-refractivity contribution is -0.119. The summed E-state index contributed by atoms with van der Waals surface area (Å²) in [5, 5.41) is 2.68. The molecule has 0 rings (SSSR count). The fraction of sp³-hybridized carbons (Fsp3) is 0.714. The van der Waals surface area contributed by atoms with Crippen LogP contribution in [0.3, 0.4) is 0 Å². The number of nitrogens with one attached hydrogen (secondary N) is 1. The second-order valence-electron chi connectivity index (χ2n) is 2.19. The molecular weight excluding hydrogens is 128 g/mol. The molecule has 0 fully saturated rings. The Bertz CT molecular complexity index is 148. The van der Waals surface area contributed by atoms with Gasteiger partial charge in [0.25, 0.3) is 12.5 Å². The molecule has 56 valence electrons. The summed E-state index contributed by atoms with van der Waals surface area (Å²) in [5.74, 6) is -0.177. The van der Waals surface area contributed by atoms with Crippen LogP contribution in [0.2, 0.25) is 0 Å². The SMILES string of the molecule is [C-]#[N+]CC(=O)NC(C)CC. The molecule has 0 aromatic carbocycles. The minimum Gasteiger partial charge on any atom is -0.347 e. The van der Waals surface area contributed by atoms with Gasteiger partial charge in [-0.1, -0.05) is 6.92 Å². The van der Waals surface area contributed by atoms with E-state index in [1.165, 1.54) is 0 Å². The first-order valence-electron chi connectivity index (χ1n) is 3.33. The first kappa shape index (κ1) is 8.96. The zero-order chi connectivity index (χ0) is 7.98. The Morgan fingerprint density at radius 1 is 1.80 bits per heavy atom. The van der Waals surface area contributed by atoms with Crippen LogP contribution in [0.4, 0.5) is 0 Å². The third-order valence-electron chi connectivity index (χ3n) is 1.24. The van der Waals surface area contributed by atoms with Crippen LogP contribution in [0.15, 0.2) is 0 Å². The van der Waals surface area contributed by atoms with Crippen molar-refractivity contribution in [1.82, 2.24) is 5.32 Å². The first-order valence-corrected chi connectivity index (χ1v) is 3.33. The topological polar surface area (TPSA) is 33.5 Å². The Morgan fingerprint density at radius 2 is 2.40 bits per heavy atom. The highest BCUT2D eigenvalue weighted by atomic mass is 16.1. The lowest BCUT2D eigenvalue weighted by Gasteiger charge is -2.07. The highest BCUT2D eigenvalue weighted by molar-refractivity contribution is 5.79. The quantitative estimate of drug-likeness (QED) is 0.578. The van der Waals surface area contributed by atoms with Gasteiger partial charge in [-0.3, -0.25) is 4.79 Å². The summed E-state index contributed by atoms with van der Waals surface area (Å²) in [5.41, 5.74) is 0. The van der Waals surface area contributed by atoms with Crippen LogP contribution in [0.5, 0.6) is 0 Å². The number of carbonyl (C=O) groups is 1. The van der Waals surface area contributed by atoms with Gasteiger partial charge in [-0.2, -0.15) is 0 Å². The van der Waals surface area contributed by atoms with Gasteiger partial charge in [0, 0.05) is 6.04 Å². The van der Waals surface area contributed by atoms with Crippen molar-refractivity contribution in [3.8, 4) is 0 Å². The second-order valence-corrected chi connectivity index (χ2v) is 2.19. The molecule has 1 N–H and O–H groups in total. The molecule has 3 nitrogen and oxygen atoms in total. The molecule has 1 atom stereocenters. The molecule has 0 aliphatic heterocycles. The van der Waals surface area contributed by atoms with E-state index in [9.17, 15) is 4.79 Å². The monoisotopic (exact) mass is 140 g/mol. The largest absolute Gasteiger partial charge is 0.347 e. The van der Waals surface area contributed by atoms with Crippen LogP contribution in [0.1, 0.15) is 20.3 Å². The van der Waals surface area contributed by atoms with Gasteiger partial charge in [0.2, 0.25) is 0 Å². The zero-order valence-electron chi connectivity index (χ0n) is 6.35. The van der Waals surface area contributed by atoms with Crippen LogP contribution in [0, 0.1) is 6.57 Å². The van der Waals surface area contributed by atoms with Crippen molar-refractivity contribution in [2.24, 2.45) is 0 Å². The van der Waals surface area contributed by atoms with E-state index in [2.05, 4.69) is 10.2 Å². The lowest BCUT2D eigenvalue weighted by Crippen LogP contribution is -2.33. The zero-order valence-corrected chi connectivity index (χ0v) is 6.35. The maximum absolute atomic E-state index is 10.7. The molecule has 0 aliphatic carbocycles. The molecule has 0 aliphatic rings. The van der Waals surface area contributed by atoms with Gasteiger partial charge in [0.1, 0.15) is 0 Å². The highest BCUT2D eigenvalue weighted by Crippen LogP contribution is 1.86. The molecule has 0 radical (unpaired) electrons. The second kappa shape index (κ2) is 4.80. The Hall–Kier alpha value is -1.04. The molecule has 10 heavy (non-hydrogen) atoms. The molecule has 1 unspecified atom stereocenters. The number of amides is 1. The number of nitrogens with zero attached hydrogens (tertiary/aromatic N) is 1. The minimum atomic E-state index is -0.177. The van der Waals surface area contributed by atoms with Gasteiger partial charge < -0.3 is 10.2 Å². The van der Waals surface area contributed by atoms with Crippen LogP contribution in [0.25, 0.3) is 4.85 Å². The maximum Gasteiger partial charge on any atom is 0.300 e. The van der Waals surface area contributed by atoms with E-state index in [0.717, 1.165) is 6.42 Å². The van der Waals surface area contributed by atoms with Crippen molar-refractivity contribution in [3.63, 3.8) is 0 Å². The molecule has 3 heteroatoms. The summed E-state index contributed by atoms with van der Waals surface area (Å²) < 4.78 is 0. The molecule has 0 saturated carbocycles. The predicted molar refractivity (Wildman–Crippen MR) is 39.4 cm³/mol. The Labute approximate surface area is 61.2 Å². The van der Waals surface area contributed by atoms with E-state index in [4.69, 9.17) is 6.57 Å². The maximum atomic E-state index is 10.7. The van der Waals surface area contributed by atoms with Gasteiger partial charge in [0.15, 0.2) is 0 Å². The molecule has 0 heterocycles. The fourth-order valence-corrected chi connectivity index (χ4v) is 0.494. The standard InChI is InChI=1S/C7H12N2O/c1-4-6(2)9-7(10)5-8-3/h6H,4-5H2,1-2H3,(H,9,10). The smallest absolute Gasteiger partial charge is 0.300 e. The minimum absolute atomic E-state index is 0.0513. The van der Waals surface area contributed by atoms with Crippen LogP contribution in [-0.2, 0) is 4.79 Å². The van der Waals surface area contributed by atoms with Crippen LogP contribution in [-0.4, -0.2) is 18.5 Å². The molecule has 0 aromatic heterocycles.